The average Bonchev–Trinajstić information content (AvgIpc) is 3.39. The second-order valence-corrected chi connectivity index (χ2v) is 7.09. The van der Waals surface area contributed by atoms with E-state index in [1.54, 1.807) is 42.5 Å². The number of benzene rings is 2. The van der Waals surface area contributed by atoms with Crippen molar-refractivity contribution in [3.63, 3.8) is 0 Å². The van der Waals surface area contributed by atoms with Crippen molar-refractivity contribution in [2.24, 2.45) is 0 Å². The summed E-state index contributed by atoms with van der Waals surface area (Å²) >= 11 is 0. The molecule has 9 heteroatoms. The molecule has 0 atom stereocenters. The topological polar surface area (TPSA) is 98.1 Å². The highest BCUT2D eigenvalue weighted by Crippen LogP contribution is 2.21. The van der Waals surface area contributed by atoms with Gasteiger partial charge in [0.2, 0.25) is 5.76 Å². The molecule has 1 aromatic heterocycles. The maximum absolute atomic E-state index is 13.7. The Morgan fingerprint density at radius 2 is 1.85 bits per heavy atom. The fraction of sp³-hybridized carbons (Fsp3) is 0.125. The molecular weight excluding hydrogens is 431 g/mol. The monoisotopic (exact) mass is 450 g/mol. The number of rotatable bonds is 7. The van der Waals surface area contributed by atoms with E-state index >= 15 is 0 Å². The molecule has 1 aliphatic rings. The Hall–Kier alpha value is -4.40. The smallest absolute Gasteiger partial charge is 0.373 e. The number of amides is 3. The van der Waals surface area contributed by atoms with Crippen molar-refractivity contribution in [2.75, 3.05) is 7.11 Å². The normalized spacial score (nSPS) is 14.5. The highest BCUT2D eigenvalue weighted by molar-refractivity contribution is 6.13. The highest BCUT2D eigenvalue weighted by Gasteiger charge is 2.34. The van der Waals surface area contributed by atoms with Crippen LogP contribution >= 0.6 is 0 Å². The van der Waals surface area contributed by atoms with E-state index in [9.17, 15) is 18.8 Å². The maximum Gasteiger partial charge on any atom is 0.373 e. The molecule has 33 heavy (non-hydrogen) atoms. The minimum atomic E-state index is -0.652. The second kappa shape index (κ2) is 9.39. The van der Waals surface area contributed by atoms with Gasteiger partial charge in [0.05, 0.1) is 13.7 Å². The number of halogens is 1. The van der Waals surface area contributed by atoms with E-state index in [1.807, 2.05) is 0 Å². The molecule has 4 rings (SSSR count). The average molecular weight is 450 g/mol. The minimum absolute atomic E-state index is 0.0207. The zero-order valence-electron chi connectivity index (χ0n) is 17.5. The van der Waals surface area contributed by atoms with Crippen molar-refractivity contribution in [1.29, 1.82) is 0 Å². The van der Waals surface area contributed by atoms with Crippen LogP contribution in [0, 0.1) is 5.82 Å². The van der Waals surface area contributed by atoms with E-state index in [-0.39, 0.29) is 36.2 Å². The number of urea groups is 1. The van der Waals surface area contributed by atoms with Gasteiger partial charge in [-0.15, -0.1) is 0 Å². The van der Waals surface area contributed by atoms with E-state index in [0.29, 0.717) is 16.9 Å². The fourth-order valence-electron chi connectivity index (χ4n) is 3.15. The number of carbonyl (C=O) groups excluding carboxylic acids is 3. The van der Waals surface area contributed by atoms with Crippen molar-refractivity contribution in [3.8, 4) is 5.75 Å². The van der Waals surface area contributed by atoms with E-state index in [4.69, 9.17) is 9.15 Å². The molecule has 0 spiro atoms. The van der Waals surface area contributed by atoms with E-state index in [0.717, 1.165) is 4.90 Å². The summed E-state index contributed by atoms with van der Waals surface area (Å²) in [7, 11) is 1.22. The number of nitrogens with one attached hydrogen (secondary N) is 1. The Morgan fingerprint density at radius 3 is 2.58 bits per heavy atom. The van der Waals surface area contributed by atoms with Crippen LogP contribution in [0.2, 0.25) is 0 Å². The zero-order valence-corrected chi connectivity index (χ0v) is 17.5. The van der Waals surface area contributed by atoms with Gasteiger partial charge in [0.1, 0.15) is 29.6 Å². The third-order valence-corrected chi connectivity index (χ3v) is 4.87. The molecular formula is C24H19FN2O6. The van der Waals surface area contributed by atoms with Crippen LogP contribution < -0.4 is 10.1 Å². The van der Waals surface area contributed by atoms with Gasteiger partial charge in [-0.25, -0.2) is 14.0 Å². The summed E-state index contributed by atoms with van der Waals surface area (Å²) in [5, 5.41) is 2.52. The number of esters is 1. The number of nitrogens with zero attached hydrogens (tertiary/aromatic N) is 1. The van der Waals surface area contributed by atoms with Crippen LogP contribution in [0.4, 0.5) is 9.18 Å². The lowest BCUT2D eigenvalue weighted by atomic mass is 10.2. The molecule has 1 saturated heterocycles. The highest BCUT2D eigenvalue weighted by atomic mass is 19.1. The summed E-state index contributed by atoms with van der Waals surface area (Å²) in [4.78, 5) is 37.4. The summed E-state index contributed by atoms with van der Waals surface area (Å²) in [6.45, 7) is -0.0527. The Kier molecular flexibility index (Phi) is 6.21. The molecule has 1 aliphatic heterocycles. The first-order valence-corrected chi connectivity index (χ1v) is 9.92. The van der Waals surface area contributed by atoms with Gasteiger partial charge in [0.15, 0.2) is 0 Å². The third-order valence-electron chi connectivity index (χ3n) is 4.87. The molecule has 8 nitrogen and oxygen atoms in total. The lowest BCUT2D eigenvalue weighted by molar-refractivity contribution is -0.123. The van der Waals surface area contributed by atoms with Crippen LogP contribution in [-0.2, 0) is 22.7 Å². The molecule has 3 amide bonds. The van der Waals surface area contributed by atoms with Crippen LogP contribution in [0.5, 0.6) is 5.75 Å². The van der Waals surface area contributed by atoms with Crippen molar-refractivity contribution in [1.82, 2.24) is 10.2 Å². The molecule has 3 aromatic rings. The van der Waals surface area contributed by atoms with Gasteiger partial charge in [-0.3, -0.25) is 9.69 Å². The summed E-state index contributed by atoms with van der Waals surface area (Å²) < 4.78 is 29.2. The van der Waals surface area contributed by atoms with Crippen LogP contribution in [0.15, 0.2) is 70.8 Å². The Labute approximate surface area is 188 Å². The van der Waals surface area contributed by atoms with E-state index < -0.39 is 17.9 Å². The lowest BCUT2D eigenvalue weighted by Gasteiger charge is -2.09. The molecule has 2 aromatic carbocycles. The number of carbonyl (C=O) groups is 3. The molecule has 1 N–H and O–H groups in total. The quantitative estimate of drug-likeness (QED) is 0.333. The summed E-state index contributed by atoms with van der Waals surface area (Å²) in [6.07, 6.45) is 1.53. The van der Waals surface area contributed by atoms with E-state index in [1.165, 1.54) is 31.4 Å². The number of methoxy groups -OCH3 is 1. The molecule has 2 heterocycles. The number of hydrogen-bond donors (Lipinski definition) is 1. The zero-order chi connectivity index (χ0) is 23.4. The molecule has 1 fully saturated rings. The largest absolute Gasteiger partial charge is 0.489 e. The summed E-state index contributed by atoms with van der Waals surface area (Å²) in [5.41, 5.74) is 1.20. The van der Waals surface area contributed by atoms with Crippen molar-refractivity contribution in [2.45, 2.75) is 13.2 Å². The molecule has 0 aliphatic carbocycles. The molecule has 168 valence electrons. The first-order valence-electron chi connectivity index (χ1n) is 9.92. The van der Waals surface area contributed by atoms with Gasteiger partial charge < -0.3 is 19.2 Å². The van der Waals surface area contributed by atoms with Crippen molar-refractivity contribution in [3.05, 3.63) is 94.8 Å². The predicted molar refractivity (Wildman–Crippen MR) is 114 cm³/mol. The van der Waals surface area contributed by atoms with Gasteiger partial charge in [-0.1, -0.05) is 30.3 Å². The summed E-state index contributed by atoms with van der Waals surface area (Å²) in [5.74, 6) is -0.751. The molecule has 0 radical (unpaired) electrons. The molecule has 0 saturated carbocycles. The molecule has 0 bridgehead atoms. The first-order chi connectivity index (χ1) is 15.9. The van der Waals surface area contributed by atoms with Crippen LogP contribution in [0.1, 0.15) is 27.4 Å². The number of hydrogen-bond acceptors (Lipinski definition) is 6. The first kappa shape index (κ1) is 21.8. The van der Waals surface area contributed by atoms with Crippen LogP contribution in [0.25, 0.3) is 6.08 Å². The van der Waals surface area contributed by atoms with Crippen molar-refractivity contribution >= 4 is 24.0 Å². The molecule has 0 unspecified atom stereocenters. The van der Waals surface area contributed by atoms with Gasteiger partial charge in [0.25, 0.3) is 5.91 Å². The number of furan rings is 1. The van der Waals surface area contributed by atoms with Crippen LogP contribution in [-0.4, -0.2) is 29.9 Å². The van der Waals surface area contributed by atoms with Crippen molar-refractivity contribution < 1.29 is 32.7 Å². The Morgan fingerprint density at radius 1 is 1.09 bits per heavy atom. The fourth-order valence-corrected chi connectivity index (χ4v) is 3.15. The van der Waals surface area contributed by atoms with E-state index in [2.05, 4.69) is 10.1 Å². The minimum Gasteiger partial charge on any atom is -0.489 e. The predicted octanol–water partition coefficient (Wildman–Crippen LogP) is 3.88. The van der Waals surface area contributed by atoms with Gasteiger partial charge in [-0.2, -0.15) is 0 Å². The van der Waals surface area contributed by atoms with Gasteiger partial charge in [-0.05, 0) is 42.0 Å². The SMILES string of the molecule is COC(=O)c1ccc(CN2C(=O)NC(=Cc3ccc(OCc4ccccc4F)cc3)C2=O)o1. The number of imide groups is 1. The number of ether oxygens (including phenoxy) is 2. The Balaban J connectivity index is 1.40. The third kappa shape index (κ3) is 4.93. The Bertz CT molecular complexity index is 1230. The summed E-state index contributed by atoms with van der Waals surface area (Å²) in [6, 6.07) is 15.4. The maximum atomic E-state index is 13.7. The van der Waals surface area contributed by atoms with Gasteiger partial charge >= 0.3 is 12.0 Å². The standard InChI is InChI=1S/C24H19FN2O6/c1-31-23(29)21-11-10-18(33-21)13-27-22(28)20(26-24(27)30)12-15-6-8-17(9-7-15)32-14-16-4-2-3-5-19(16)25/h2-12H,13-14H2,1H3,(H,26,30). The van der Waals surface area contributed by atoms with Gasteiger partial charge in [0, 0.05) is 5.56 Å². The second-order valence-electron chi connectivity index (χ2n) is 7.09. The van der Waals surface area contributed by atoms with Crippen LogP contribution in [0.3, 0.4) is 0 Å². The lowest BCUT2D eigenvalue weighted by Crippen LogP contribution is -2.30.